The van der Waals surface area contributed by atoms with Crippen molar-refractivity contribution in [1.29, 1.82) is 0 Å². The first-order valence-corrected chi connectivity index (χ1v) is 5.38. The number of hydrogen-bond donors (Lipinski definition) is 1. The minimum Gasteiger partial charge on any atom is -0.462 e. The summed E-state index contributed by atoms with van der Waals surface area (Å²) < 4.78 is 17.9. The molecular weight excluding hydrogens is 221 g/mol. The van der Waals surface area contributed by atoms with Crippen LogP contribution in [0, 0.1) is 5.82 Å². The molecule has 0 radical (unpaired) electrons. The molecular formula is C13H16FNO2. The fraction of sp³-hybridized carbons (Fsp3) is 0.308. The molecule has 0 aliphatic carbocycles. The molecule has 0 aliphatic rings. The molecule has 0 saturated carbocycles. The molecule has 0 fully saturated rings. The van der Waals surface area contributed by atoms with Crippen LogP contribution in [0.15, 0.2) is 24.8 Å². The molecule has 0 aromatic heterocycles. The number of hydrogen-bond acceptors (Lipinski definition) is 3. The van der Waals surface area contributed by atoms with Crippen LogP contribution in [0.1, 0.15) is 19.4 Å². The Bertz CT molecular complexity index is 416. The Morgan fingerprint density at radius 3 is 2.88 bits per heavy atom. The molecule has 0 heterocycles. The topological polar surface area (TPSA) is 38.3 Å². The predicted octanol–water partition coefficient (Wildman–Crippen LogP) is 2.83. The van der Waals surface area contributed by atoms with Crippen LogP contribution in [-0.4, -0.2) is 18.6 Å². The van der Waals surface area contributed by atoms with Crippen molar-refractivity contribution in [3.8, 4) is 0 Å². The summed E-state index contributed by atoms with van der Waals surface area (Å²) in [5.41, 5.74) is 1.27. The zero-order valence-electron chi connectivity index (χ0n) is 10.00. The highest BCUT2D eigenvalue weighted by molar-refractivity contribution is 5.77. The smallest absolute Gasteiger partial charge is 0.325 e. The van der Waals surface area contributed by atoms with Gasteiger partial charge in [0, 0.05) is 5.69 Å². The standard InChI is InChI=1S/C13H16FNO2/c1-4-10-7-11(14)5-6-12(10)15-8-13(16)17-9(2)3/h4-7,9,15H,1,8H2,2-3H3. The SMILES string of the molecule is C=Cc1cc(F)ccc1NCC(=O)OC(C)C. The fourth-order valence-electron chi connectivity index (χ4n) is 1.34. The molecule has 0 amide bonds. The van der Waals surface area contributed by atoms with Crippen LogP contribution in [0.25, 0.3) is 6.08 Å². The van der Waals surface area contributed by atoms with E-state index in [-0.39, 0.29) is 24.4 Å². The number of carbonyl (C=O) groups excluding carboxylic acids is 1. The lowest BCUT2D eigenvalue weighted by atomic mass is 10.1. The van der Waals surface area contributed by atoms with E-state index in [0.29, 0.717) is 11.3 Å². The third-order valence-corrected chi connectivity index (χ3v) is 2.02. The first-order valence-electron chi connectivity index (χ1n) is 5.38. The first-order chi connectivity index (χ1) is 8.02. The lowest BCUT2D eigenvalue weighted by Gasteiger charge is -2.11. The molecule has 4 heteroatoms. The van der Waals surface area contributed by atoms with Crippen molar-refractivity contribution < 1.29 is 13.9 Å². The maximum atomic E-state index is 12.9. The van der Waals surface area contributed by atoms with Crippen molar-refractivity contribution >= 4 is 17.7 Å². The first kappa shape index (κ1) is 13.2. The van der Waals surface area contributed by atoms with Gasteiger partial charge in [-0.3, -0.25) is 4.79 Å². The molecule has 0 atom stereocenters. The van der Waals surface area contributed by atoms with E-state index in [1.165, 1.54) is 18.2 Å². The molecule has 0 aliphatic heterocycles. The summed E-state index contributed by atoms with van der Waals surface area (Å²) in [6.45, 7) is 7.20. The lowest BCUT2D eigenvalue weighted by molar-refractivity contribution is -0.145. The van der Waals surface area contributed by atoms with Gasteiger partial charge < -0.3 is 10.1 Å². The van der Waals surface area contributed by atoms with E-state index in [0.717, 1.165) is 0 Å². The number of rotatable bonds is 5. The average Bonchev–Trinajstić information content (AvgIpc) is 2.26. The number of anilines is 1. The van der Waals surface area contributed by atoms with Gasteiger partial charge in [0.25, 0.3) is 0 Å². The van der Waals surface area contributed by atoms with Gasteiger partial charge in [-0.1, -0.05) is 12.7 Å². The van der Waals surface area contributed by atoms with Gasteiger partial charge in [0.15, 0.2) is 0 Å². The number of benzene rings is 1. The van der Waals surface area contributed by atoms with Crippen molar-refractivity contribution in [2.75, 3.05) is 11.9 Å². The van der Waals surface area contributed by atoms with Gasteiger partial charge in [0.2, 0.25) is 0 Å². The van der Waals surface area contributed by atoms with Gasteiger partial charge in [0.1, 0.15) is 12.4 Å². The van der Waals surface area contributed by atoms with Gasteiger partial charge in [-0.2, -0.15) is 0 Å². The molecule has 92 valence electrons. The van der Waals surface area contributed by atoms with Crippen LogP contribution in [0.2, 0.25) is 0 Å². The zero-order chi connectivity index (χ0) is 12.8. The van der Waals surface area contributed by atoms with Crippen LogP contribution in [-0.2, 0) is 9.53 Å². The van der Waals surface area contributed by atoms with Crippen molar-refractivity contribution in [1.82, 2.24) is 0 Å². The number of ether oxygens (including phenoxy) is 1. The molecule has 3 nitrogen and oxygen atoms in total. The summed E-state index contributed by atoms with van der Waals surface area (Å²) in [6, 6.07) is 4.24. The third kappa shape index (κ3) is 4.26. The van der Waals surface area contributed by atoms with Gasteiger partial charge in [-0.25, -0.2) is 4.39 Å². The van der Waals surface area contributed by atoms with Crippen molar-refractivity contribution in [3.05, 3.63) is 36.2 Å². The van der Waals surface area contributed by atoms with Crippen LogP contribution in [0.5, 0.6) is 0 Å². The molecule has 17 heavy (non-hydrogen) atoms. The number of halogens is 1. The summed E-state index contributed by atoms with van der Waals surface area (Å²) in [4.78, 5) is 11.3. The van der Waals surface area contributed by atoms with Crippen LogP contribution < -0.4 is 5.32 Å². The van der Waals surface area contributed by atoms with Gasteiger partial charge in [0.05, 0.1) is 6.10 Å². The molecule has 0 saturated heterocycles. The van der Waals surface area contributed by atoms with Gasteiger partial charge >= 0.3 is 5.97 Å². The third-order valence-electron chi connectivity index (χ3n) is 2.02. The van der Waals surface area contributed by atoms with Crippen molar-refractivity contribution in [3.63, 3.8) is 0 Å². The molecule has 1 aromatic rings. The molecule has 1 N–H and O–H groups in total. The predicted molar refractivity (Wildman–Crippen MR) is 66.2 cm³/mol. The second-order valence-electron chi connectivity index (χ2n) is 3.83. The van der Waals surface area contributed by atoms with Gasteiger partial charge in [-0.05, 0) is 37.6 Å². The Morgan fingerprint density at radius 2 is 2.29 bits per heavy atom. The Morgan fingerprint density at radius 1 is 1.59 bits per heavy atom. The Kier molecular flexibility index (Phi) is 4.69. The maximum Gasteiger partial charge on any atom is 0.325 e. The summed E-state index contributed by atoms with van der Waals surface area (Å²) in [5, 5.41) is 2.88. The summed E-state index contributed by atoms with van der Waals surface area (Å²) in [6.07, 6.45) is 1.38. The average molecular weight is 237 g/mol. The largest absolute Gasteiger partial charge is 0.462 e. The second kappa shape index (κ2) is 6.03. The zero-order valence-corrected chi connectivity index (χ0v) is 10.00. The van der Waals surface area contributed by atoms with E-state index in [1.54, 1.807) is 19.9 Å². The maximum absolute atomic E-state index is 12.9. The Balaban J connectivity index is 2.63. The minimum atomic E-state index is -0.348. The monoisotopic (exact) mass is 237 g/mol. The minimum absolute atomic E-state index is 0.0463. The molecule has 1 aromatic carbocycles. The second-order valence-corrected chi connectivity index (χ2v) is 3.83. The number of nitrogens with one attached hydrogen (secondary N) is 1. The normalized spacial score (nSPS) is 10.1. The molecule has 0 bridgehead atoms. The van der Waals surface area contributed by atoms with Crippen LogP contribution in [0.4, 0.5) is 10.1 Å². The highest BCUT2D eigenvalue weighted by atomic mass is 19.1. The van der Waals surface area contributed by atoms with Gasteiger partial charge in [-0.15, -0.1) is 0 Å². The van der Waals surface area contributed by atoms with E-state index < -0.39 is 0 Å². The van der Waals surface area contributed by atoms with Crippen molar-refractivity contribution in [2.24, 2.45) is 0 Å². The van der Waals surface area contributed by atoms with Crippen molar-refractivity contribution in [2.45, 2.75) is 20.0 Å². The lowest BCUT2D eigenvalue weighted by Crippen LogP contribution is -2.20. The van der Waals surface area contributed by atoms with E-state index in [9.17, 15) is 9.18 Å². The Labute approximate surface area is 100 Å². The fourth-order valence-corrected chi connectivity index (χ4v) is 1.34. The summed E-state index contributed by atoms with van der Waals surface area (Å²) in [5.74, 6) is -0.686. The number of carbonyl (C=O) groups is 1. The Hall–Kier alpha value is -1.84. The highest BCUT2D eigenvalue weighted by Crippen LogP contribution is 2.17. The van der Waals surface area contributed by atoms with Crippen LogP contribution >= 0.6 is 0 Å². The van der Waals surface area contributed by atoms with E-state index in [2.05, 4.69) is 11.9 Å². The molecule has 0 spiro atoms. The van der Waals surface area contributed by atoms with E-state index in [1.807, 2.05) is 0 Å². The number of esters is 1. The van der Waals surface area contributed by atoms with E-state index >= 15 is 0 Å². The van der Waals surface area contributed by atoms with E-state index in [4.69, 9.17) is 4.74 Å². The summed E-state index contributed by atoms with van der Waals surface area (Å²) >= 11 is 0. The highest BCUT2D eigenvalue weighted by Gasteiger charge is 2.06. The quantitative estimate of drug-likeness (QED) is 0.800. The molecule has 0 unspecified atom stereocenters. The summed E-state index contributed by atoms with van der Waals surface area (Å²) in [7, 11) is 0. The van der Waals surface area contributed by atoms with Crippen LogP contribution in [0.3, 0.4) is 0 Å². The molecule has 1 rings (SSSR count).